The summed E-state index contributed by atoms with van der Waals surface area (Å²) in [6.45, 7) is 0.535. The minimum absolute atomic E-state index is 0.0631. The van der Waals surface area contributed by atoms with Gasteiger partial charge >= 0.3 is 0 Å². The predicted molar refractivity (Wildman–Crippen MR) is 94.5 cm³/mol. The number of nitrogens with zero attached hydrogens (tertiary/aromatic N) is 1. The van der Waals surface area contributed by atoms with Crippen LogP contribution in [0.2, 0.25) is 5.02 Å². The zero-order valence-electron chi connectivity index (χ0n) is 13.1. The normalized spacial score (nSPS) is 10.9. The highest BCUT2D eigenvalue weighted by molar-refractivity contribution is 6.30. The van der Waals surface area contributed by atoms with Gasteiger partial charge in [-0.25, -0.2) is 0 Å². The Bertz CT molecular complexity index is 821. The zero-order chi connectivity index (χ0) is 16.2. The fourth-order valence-electron chi connectivity index (χ4n) is 2.64. The Kier molecular flexibility index (Phi) is 4.68. The van der Waals surface area contributed by atoms with E-state index in [2.05, 4.69) is 34.1 Å². The molecule has 3 nitrogen and oxygen atoms in total. The molecule has 0 fully saturated rings. The van der Waals surface area contributed by atoms with E-state index < -0.39 is 0 Å². The third-order valence-electron chi connectivity index (χ3n) is 3.99. The van der Waals surface area contributed by atoms with Gasteiger partial charge in [-0.1, -0.05) is 29.8 Å². The van der Waals surface area contributed by atoms with Crippen molar-refractivity contribution in [2.45, 2.75) is 19.4 Å². The molecule has 1 N–H and O–H groups in total. The largest absolute Gasteiger partial charge is 0.352 e. The fourth-order valence-corrected chi connectivity index (χ4v) is 2.76. The van der Waals surface area contributed by atoms with Crippen molar-refractivity contribution < 1.29 is 4.79 Å². The second kappa shape index (κ2) is 6.88. The molecule has 0 bridgehead atoms. The number of fused-ring (bicyclic) bond motifs is 1. The Morgan fingerprint density at radius 2 is 1.83 bits per heavy atom. The van der Waals surface area contributed by atoms with E-state index in [1.165, 1.54) is 16.5 Å². The van der Waals surface area contributed by atoms with Gasteiger partial charge in [0.25, 0.3) is 0 Å². The van der Waals surface area contributed by atoms with Crippen molar-refractivity contribution in [1.29, 1.82) is 0 Å². The quantitative estimate of drug-likeness (QED) is 0.753. The van der Waals surface area contributed by atoms with Gasteiger partial charge in [0.15, 0.2) is 0 Å². The van der Waals surface area contributed by atoms with Crippen LogP contribution in [0.3, 0.4) is 0 Å². The lowest BCUT2D eigenvalue weighted by Gasteiger charge is -2.06. The van der Waals surface area contributed by atoms with Crippen LogP contribution >= 0.6 is 11.6 Å². The van der Waals surface area contributed by atoms with Crippen LogP contribution in [0.4, 0.5) is 0 Å². The minimum Gasteiger partial charge on any atom is -0.352 e. The number of hydrogen-bond donors (Lipinski definition) is 1. The molecular formula is C19H19ClN2O. The van der Waals surface area contributed by atoms with Crippen molar-refractivity contribution in [2.75, 3.05) is 0 Å². The fraction of sp³-hybridized carbons (Fsp3) is 0.211. The lowest BCUT2D eigenvalue weighted by molar-refractivity contribution is -0.121. The van der Waals surface area contributed by atoms with E-state index in [4.69, 9.17) is 11.6 Å². The van der Waals surface area contributed by atoms with Gasteiger partial charge in [0.05, 0.1) is 0 Å². The van der Waals surface area contributed by atoms with Crippen LogP contribution in [-0.2, 0) is 24.8 Å². The Balaban J connectivity index is 1.52. The van der Waals surface area contributed by atoms with Gasteiger partial charge in [-0.3, -0.25) is 4.79 Å². The molecule has 3 aromatic rings. The first-order chi connectivity index (χ1) is 11.1. The molecule has 0 aliphatic carbocycles. The van der Waals surface area contributed by atoms with Crippen LogP contribution in [0, 0.1) is 0 Å². The summed E-state index contributed by atoms with van der Waals surface area (Å²) in [5.41, 5.74) is 3.44. The van der Waals surface area contributed by atoms with Crippen LogP contribution in [0.15, 0.2) is 54.7 Å². The van der Waals surface area contributed by atoms with Crippen molar-refractivity contribution in [2.24, 2.45) is 7.05 Å². The van der Waals surface area contributed by atoms with Crippen molar-refractivity contribution in [1.82, 2.24) is 9.88 Å². The zero-order valence-corrected chi connectivity index (χ0v) is 13.8. The third kappa shape index (κ3) is 3.93. The van der Waals surface area contributed by atoms with Crippen molar-refractivity contribution in [3.63, 3.8) is 0 Å². The van der Waals surface area contributed by atoms with E-state index in [0.717, 1.165) is 12.0 Å². The number of aromatic nitrogens is 1. The number of carbonyl (C=O) groups excluding carboxylic acids is 1. The van der Waals surface area contributed by atoms with Gasteiger partial charge < -0.3 is 9.88 Å². The SMILES string of the molecule is Cn1ccc2cc(CCC(=O)NCc3ccc(Cl)cc3)ccc21. The maximum absolute atomic E-state index is 12.0. The maximum Gasteiger partial charge on any atom is 0.220 e. The predicted octanol–water partition coefficient (Wildman–Crippen LogP) is 4.08. The summed E-state index contributed by atoms with van der Waals surface area (Å²) in [5, 5.41) is 4.86. The number of carbonyl (C=O) groups is 1. The molecule has 3 rings (SSSR count). The van der Waals surface area contributed by atoms with Gasteiger partial charge in [-0.15, -0.1) is 0 Å². The van der Waals surface area contributed by atoms with Gasteiger partial charge in [-0.05, 0) is 53.3 Å². The summed E-state index contributed by atoms with van der Waals surface area (Å²) in [7, 11) is 2.03. The number of nitrogens with one attached hydrogen (secondary N) is 1. The summed E-state index contributed by atoms with van der Waals surface area (Å²) in [4.78, 5) is 12.0. The van der Waals surface area contributed by atoms with E-state index in [0.29, 0.717) is 18.0 Å². The lowest BCUT2D eigenvalue weighted by Crippen LogP contribution is -2.22. The molecule has 0 aliphatic heterocycles. The van der Waals surface area contributed by atoms with E-state index >= 15 is 0 Å². The Hall–Kier alpha value is -2.26. The summed E-state index contributed by atoms with van der Waals surface area (Å²) in [5.74, 6) is 0.0631. The standard InChI is InChI=1S/C19H19ClN2O/c1-22-11-10-16-12-14(4-8-18(16)22)5-9-19(23)21-13-15-2-6-17(20)7-3-15/h2-4,6-8,10-12H,5,9,13H2,1H3,(H,21,23). The summed E-state index contributed by atoms with van der Waals surface area (Å²) >= 11 is 5.85. The monoisotopic (exact) mass is 326 g/mol. The molecule has 1 heterocycles. The van der Waals surface area contributed by atoms with Crippen LogP contribution in [0.25, 0.3) is 10.9 Å². The Morgan fingerprint density at radius 3 is 2.61 bits per heavy atom. The molecule has 0 atom stereocenters. The van der Waals surface area contributed by atoms with Gasteiger partial charge in [-0.2, -0.15) is 0 Å². The summed E-state index contributed by atoms with van der Waals surface area (Å²) < 4.78 is 2.10. The van der Waals surface area contributed by atoms with Crippen LogP contribution < -0.4 is 5.32 Å². The number of aryl methyl sites for hydroxylation is 2. The number of hydrogen-bond acceptors (Lipinski definition) is 1. The highest BCUT2D eigenvalue weighted by Gasteiger charge is 2.04. The molecule has 0 unspecified atom stereocenters. The average molecular weight is 327 g/mol. The Labute approximate surface area is 140 Å². The first-order valence-electron chi connectivity index (χ1n) is 7.67. The van der Waals surface area contributed by atoms with Crippen LogP contribution in [0.5, 0.6) is 0 Å². The maximum atomic E-state index is 12.0. The average Bonchev–Trinajstić information content (AvgIpc) is 2.93. The number of benzene rings is 2. The molecule has 4 heteroatoms. The van der Waals surface area contributed by atoms with Crippen LogP contribution in [0.1, 0.15) is 17.5 Å². The van der Waals surface area contributed by atoms with E-state index in [1.807, 2.05) is 37.5 Å². The molecule has 118 valence electrons. The first-order valence-corrected chi connectivity index (χ1v) is 8.05. The van der Waals surface area contributed by atoms with Crippen LogP contribution in [-0.4, -0.2) is 10.5 Å². The summed E-state index contributed by atoms with van der Waals surface area (Å²) in [6.07, 6.45) is 3.29. The highest BCUT2D eigenvalue weighted by Crippen LogP contribution is 2.17. The number of rotatable bonds is 5. The second-order valence-electron chi connectivity index (χ2n) is 5.72. The molecule has 0 saturated heterocycles. The van der Waals surface area contributed by atoms with Crippen molar-refractivity contribution >= 4 is 28.4 Å². The smallest absolute Gasteiger partial charge is 0.220 e. The molecule has 0 aliphatic rings. The number of amides is 1. The second-order valence-corrected chi connectivity index (χ2v) is 6.16. The van der Waals surface area contributed by atoms with Gasteiger partial charge in [0.2, 0.25) is 5.91 Å². The van der Waals surface area contributed by atoms with Crippen molar-refractivity contribution in [3.05, 3.63) is 70.9 Å². The van der Waals surface area contributed by atoms with Gasteiger partial charge in [0, 0.05) is 36.7 Å². The molecule has 1 aromatic heterocycles. The van der Waals surface area contributed by atoms with Gasteiger partial charge in [0.1, 0.15) is 0 Å². The highest BCUT2D eigenvalue weighted by atomic mass is 35.5. The molecule has 1 amide bonds. The molecule has 0 radical (unpaired) electrons. The first kappa shape index (κ1) is 15.6. The van der Waals surface area contributed by atoms with E-state index in [1.54, 1.807) is 0 Å². The Morgan fingerprint density at radius 1 is 1.09 bits per heavy atom. The van der Waals surface area contributed by atoms with E-state index in [9.17, 15) is 4.79 Å². The third-order valence-corrected chi connectivity index (χ3v) is 4.25. The summed E-state index contributed by atoms with van der Waals surface area (Å²) in [6, 6.07) is 16.0. The molecule has 23 heavy (non-hydrogen) atoms. The topological polar surface area (TPSA) is 34.0 Å². The molecule has 0 spiro atoms. The minimum atomic E-state index is 0.0631. The van der Waals surface area contributed by atoms with Crippen molar-refractivity contribution in [3.8, 4) is 0 Å². The molecular weight excluding hydrogens is 308 g/mol. The molecule has 2 aromatic carbocycles. The molecule has 0 saturated carbocycles. The number of halogens is 1. The lowest BCUT2D eigenvalue weighted by atomic mass is 10.1. The van der Waals surface area contributed by atoms with E-state index in [-0.39, 0.29) is 5.91 Å².